The summed E-state index contributed by atoms with van der Waals surface area (Å²) in [5.74, 6) is 9.88. The molecule has 0 aromatic rings. The van der Waals surface area contributed by atoms with Gasteiger partial charge in [0.05, 0.1) is 43.2 Å². The van der Waals surface area contributed by atoms with Gasteiger partial charge in [-0.05, 0) is 25.7 Å². The maximum absolute atomic E-state index is 13.6. The zero-order chi connectivity index (χ0) is 29.0. The van der Waals surface area contributed by atoms with Crippen LogP contribution in [-0.2, 0) is 23.9 Å². The van der Waals surface area contributed by atoms with Crippen molar-refractivity contribution in [3.8, 4) is 0 Å². The predicted molar refractivity (Wildman–Crippen MR) is 146 cm³/mol. The van der Waals surface area contributed by atoms with Crippen LogP contribution in [0, 0.1) is 11.8 Å². The highest BCUT2D eigenvalue weighted by molar-refractivity contribution is 5.88. The van der Waals surface area contributed by atoms with Crippen LogP contribution in [-0.4, -0.2) is 98.0 Å². The van der Waals surface area contributed by atoms with Gasteiger partial charge in [0.1, 0.15) is 0 Å². The Morgan fingerprint density at radius 1 is 1.16 bits per heavy atom. The highest BCUT2D eigenvalue weighted by Gasteiger charge is 2.41. The number of hydrogen-bond donors (Lipinski definition) is 5. The van der Waals surface area contributed by atoms with Gasteiger partial charge in [0.2, 0.25) is 17.7 Å². The summed E-state index contributed by atoms with van der Waals surface area (Å²) >= 11 is 0. The molecule has 1 aliphatic heterocycles. The number of hydrazine groups is 1. The molecular weight excluding hydrogens is 492 g/mol. The van der Waals surface area contributed by atoms with Crippen molar-refractivity contribution in [1.29, 1.82) is 0 Å². The molecule has 0 bridgehead atoms. The molecule has 0 saturated carbocycles. The first-order chi connectivity index (χ1) is 18.0. The maximum Gasteiger partial charge on any atom is 0.225 e. The van der Waals surface area contributed by atoms with Gasteiger partial charge >= 0.3 is 0 Å². The molecule has 0 spiro atoms. The van der Waals surface area contributed by atoms with Crippen molar-refractivity contribution in [2.24, 2.45) is 34.4 Å². The number of nitrogens with one attached hydrogen (secondary N) is 2. The smallest absolute Gasteiger partial charge is 0.225 e. The second-order valence-electron chi connectivity index (χ2n) is 10.3. The number of amides is 3. The Morgan fingerprint density at radius 2 is 1.82 bits per heavy atom. The summed E-state index contributed by atoms with van der Waals surface area (Å²) in [5, 5.41) is 6.20. The van der Waals surface area contributed by atoms with E-state index in [9.17, 15) is 14.4 Å². The number of rotatable bonds is 15. The van der Waals surface area contributed by atoms with Crippen molar-refractivity contribution < 1.29 is 23.9 Å². The summed E-state index contributed by atoms with van der Waals surface area (Å²) in [7, 11) is 4.86. The molecule has 1 saturated heterocycles. The number of likely N-dealkylation sites (N-methyl/N-ethyl adjacent to an activating group) is 1. The molecule has 0 aromatic carbocycles. The fourth-order valence-corrected chi connectivity index (χ4v) is 5.21. The molecule has 1 rings (SSSR count). The molecule has 220 valence electrons. The van der Waals surface area contributed by atoms with Crippen LogP contribution in [0.2, 0.25) is 0 Å². The molecule has 3 amide bonds. The summed E-state index contributed by atoms with van der Waals surface area (Å²) in [6.07, 6.45) is 1.62. The minimum Gasteiger partial charge on any atom is -0.379 e. The van der Waals surface area contributed by atoms with Gasteiger partial charge in [-0.25, -0.2) is 5.84 Å². The maximum atomic E-state index is 13.6. The van der Waals surface area contributed by atoms with E-state index < -0.39 is 18.1 Å². The standard InChI is InChI=1S/C25H50N8O5/c1-8-15(2)23(32(5)21(34)12-16(3)26)19(37-6)13-22(35)33-11-9-10-18(33)24(38-7)17(4)25(36)29-14-20(30-27)31-28/h15-19,23-24H,8-14,26-28H2,1-7H3,(H,29,36)(H,30,31). The zero-order valence-electron chi connectivity index (χ0n) is 24.1. The number of carbonyl (C=O) groups excluding carboxylic acids is 3. The van der Waals surface area contributed by atoms with E-state index in [0.717, 1.165) is 12.8 Å². The van der Waals surface area contributed by atoms with Gasteiger partial charge in [0, 0.05) is 40.3 Å². The van der Waals surface area contributed by atoms with Crippen molar-refractivity contribution >= 4 is 23.6 Å². The van der Waals surface area contributed by atoms with Crippen molar-refractivity contribution in [3.63, 3.8) is 0 Å². The molecule has 1 heterocycles. The second-order valence-corrected chi connectivity index (χ2v) is 10.3. The van der Waals surface area contributed by atoms with Crippen LogP contribution in [0.15, 0.2) is 5.10 Å². The Balaban J connectivity index is 3.04. The van der Waals surface area contributed by atoms with Crippen LogP contribution in [0.1, 0.15) is 59.8 Å². The fourth-order valence-electron chi connectivity index (χ4n) is 5.21. The molecule has 8 N–H and O–H groups in total. The van der Waals surface area contributed by atoms with Crippen LogP contribution >= 0.6 is 0 Å². The lowest BCUT2D eigenvalue weighted by Crippen LogP contribution is -2.53. The molecule has 7 unspecified atom stereocenters. The average Bonchev–Trinajstić information content (AvgIpc) is 3.37. The number of hydrazone groups is 1. The van der Waals surface area contributed by atoms with E-state index in [1.165, 1.54) is 0 Å². The summed E-state index contributed by atoms with van der Waals surface area (Å²) in [6, 6.07) is -0.833. The largest absolute Gasteiger partial charge is 0.379 e. The third kappa shape index (κ3) is 9.07. The molecule has 7 atom stereocenters. The number of amidine groups is 1. The SMILES string of the molecule is CCC(C)C(C(CC(=O)N1CCCC1C(OC)C(C)C(=O)NC/C(=N/N)NN)OC)N(C)C(=O)CC(C)N. The predicted octanol–water partition coefficient (Wildman–Crippen LogP) is -0.504. The molecule has 38 heavy (non-hydrogen) atoms. The average molecular weight is 543 g/mol. The van der Waals surface area contributed by atoms with E-state index in [2.05, 4.69) is 22.8 Å². The summed E-state index contributed by atoms with van der Waals surface area (Å²) in [4.78, 5) is 42.8. The van der Waals surface area contributed by atoms with Gasteiger partial charge in [-0.15, -0.1) is 0 Å². The number of ether oxygens (including phenoxy) is 2. The number of nitrogens with zero attached hydrogens (tertiary/aromatic N) is 3. The number of methoxy groups -OCH3 is 2. The van der Waals surface area contributed by atoms with Crippen LogP contribution in [0.25, 0.3) is 0 Å². The third-order valence-electron chi connectivity index (χ3n) is 7.55. The highest BCUT2D eigenvalue weighted by atomic mass is 16.5. The molecular formula is C25H50N8O5. The van der Waals surface area contributed by atoms with E-state index in [1.54, 1.807) is 44.9 Å². The molecule has 0 aromatic heterocycles. The first-order valence-corrected chi connectivity index (χ1v) is 13.3. The second kappa shape index (κ2) is 16.5. The van der Waals surface area contributed by atoms with Crippen molar-refractivity contribution in [2.75, 3.05) is 34.4 Å². The highest BCUT2D eigenvalue weighted by Crippen LogP contribution is 2.29. The molecule has 0 radical (unpaired) electrons. The van der Waals surface area contributed by atoms with Crippen LogP contribution in [0.5, 0.6) is 0 Å². The Labute approximate surface area is 227 Å². The van der Waals surface area contributed by atoms with Crippen molar-refractivity contribution in [3.05, 3.63) is 0 Å². The van der Waals surface area contributed by atoms with E-state index in [-0.39, 0.29) is 67.0 Å². The monoisotopic (exact) mass is 542 g/mol. The quantitative estimate of drug-likeness (QED) is 0.0785. The summed E-state index contributed by atoms with van der Waals surface area (Å²) in [6.45, 7) is 8.26. The molecule has 13 heteroatoms. The van der Waals surface area contributed by atoms with Crippen molar-refractivity contribution in [2.45, 2.75) is 90.1 Å². The van der Waals surface area contributed by atoms with E-state index in [0.29, 0.717) is 13.0 Å². The number of nitrogens with two attached hydrogens (primary N) is 3. The van der Waals surface area contributed by atoms with Gasteiger partial charge in [0.15, 0.2) is 5.84 Å². The van der Waals surface area contributed by atoms with E-state index >= 15 is 0 Å². The van der Waals surface area contributed by atoms with Crippen LogP contribution in [0.4, 0.5) is 0 Å². The number of likely N-dealkylation sites (tertiary alicyclic amines) is 1. The zero-order valence-corrected chi connectivity index (χ0v) is 24.1. The third-order valence-corrected chi connectivity index (χ3v) is 7.55. The van der Waals surface area contributed by atoms with Crippen LogP contribution in [0.3, 0.4) is 0 Å². The lowest BCUT2D eigenvalue weighted by atomic mass is 9.90. The first kappa shape index (κ1) is 33.5. The van der Waals surface area contributed by atoms with Gasteiger partial charge in [0.25, 0.3) is 0 Å². The molecule has 13 nitrogen and oxygen atoms in total. The molecule has 0 aliphatic carbocycles. The fraction of sp³-hybridized carbons (Fsp3) is 0.840. The number of carbonyl (C=O) groups is 3. The first-order valence-electron chi connectivity index (χ1n) is 13.3. The summed E-state index contributed by atoms with van der Waals surface area (Å²) in [5.41, 5.74) is 8.18. The Hall–Kier alpha value is -2.48. The minimum absolute atomic E-state index is 0.0433. The minimum atomic E-state index is -0.553. The molecule has 1 fully saturated rings. The summed E-state index contributed by atoms with van der Waals surface area (Å²) < 4.78 is 11.6. The lowest BCUT2D eigenvalue weighted by Gasteiger charge is -2.39. The number of hydrogen-bond acceptors (Lipinski definition) is 9. The van der Waals surface area contributed by atoms with Gasteiger partial charge in [-0.1, -0.05) is 27.2 Å². The van der Waals surface area contributed by atoms with E-state index in [4.69, 9.17) is 26.9 Å². The Bertz CT molecular complexity index is 796. The van der Waals surface area contributed by atoms with Crippen LogP contribution < -0.4 is 28.2 Å². The van der Waals surface area contributed by atoms with E-state index in [1.807, 2.05) is 6.92 Å². The Morgan fingerprint density at radius 3 is 2.32 bits per heavy atom. The Kier molecular flexibility index (Phi) is 14.5. The van der Waals surface area contributed by atoms with Crippen molar-refractivity contribution in [1.82, 2.24) is 20.5 Å². The topological polar surface area (TPSA) is 191 Å². The lowest BCUT2D eigenvalue weighted by molar-refractivity contribution is -0.145. The van der Waals surface area contributed by atoms with Gasteiger partial charge < -0.3 is 41.6 Å². The normalized spacial score (nSPS) is 20.7. The van der Waals surface area contributed by atoms with Gasteiger partial charge in [-0.3, -0.25) is 14.4 Å². The molecule has 1 aliphatic rings. The van der Waals surface area contributed by atoms with Gasteiger partial charge in [-0.2, -0.15) is 5.10 Å².